The monoisotopic (exact) mass is 461 g/mol. The van der Waals surface area contributed by atoms with Crippen molar-refractivity contribution < 1.29 is 19.5 Å². The van der Waals surface area contributed by atoms with Crippen molar-refractivity contribution in [2.45, 2.75) is 52.2 Å². The Bertz CT molecular complexity index is 1160. The highest BCUT2D eigenvalue weighted by atomic mass is 16.5. The van der Waals surface area contributed by atoms with E-state index in [2.05, 4.69) is 17.2 Å². The van der Waals surface area contributed by atoms with Gasteiger partial charge >= 0.3 is 0 Å². The van der Waals surface area contributed by atoms with Gasteiger partial charge in [0.05, 0.1) is 11.4 Å². The van der Waals surface area contributed by atoms with Gasteiger partial charge in [0.1, 0.15) is 12.4 Å². The Balaban J connectivity index is 1.43. The second-order valence-electron chi connectivity index (χ2n) is 8.93. The predicted octanol–water partition coefficient (Wildman–Crippen LogP) is 4.55. The normalized spacial score (nSPS) is 20.0. The molecular formula is C27H31N3O4. The van der Waals surface area contributed by atoms with E-state index in [4.69, 9.17) is 9.94 Å². The molecule has 0 bridgehead atoms. The molecule has 178 valence electrons. The number of hydrogen-bond acceptors (Lipinski definition) is 5. The molecule has 1 aliphatic carbocycles. The lowest BCUT2D eigenvalue weighted by atomic mass is 9.75. The number of hydroxylamine groups is 1. The molecule has 3 N–H and O–H groups in total. The maximum Gasteiger partial charge on any atom is 0.251 e. The number of carbonyl (C=O) groups is 2. The van der Waals surface area contributed by atoms with E-state index in [9.17, 15) is 9.59 Å². The van der Waals surface area contributed by atoms with Crippen molar-refractivity contribution in [2.24, 2.45) is 11.8 Å². The number of ether oxygens (including phenoxy) is 1. The van der Waals surface area contributed by atoms with Crippen LogP contribution in [0.25, 0.3) is 10.9 Å². The van der Waals surface area contributed by atoms with Crippen LogP contribution in [0.2, 0.25) is 0 Å². The van der Waals surface area contributed by atoms with Crippen molar-refractivity contribution in [3.05, 3.63) is 71.4 Å². The summed E-state index contributed by atoms with van der Waals surface area (Å²) in [6.45, 7) is 4.42. The molecule has 0 spiro atoms. The van der Waals surface area contributed by atoms with Crippen LogP contribution >= 0.6 is 0 Å². The molecule has 2 aromatic carbocycles. The molecule has 7 heteroatoms. The summed E-state index contributed by atoms with van der Waals surface area (Å²) < 4.78 is 6.00. The van der Waals surface area contributed by atoms with Crippen molar-refractivity contribution in [3.63, 3.8) is 0 Å². The number of amides is 2. The van der Waals surface area contributed by atoms with Crippen LogP contribution < -0.4 is 15.5 Å². The molecule has 2 amide bonds. The van der Waals surface area contributed by atoms with Gasteiger partial charge in [-0.1, -0.05) is 38.0 Å². The molecule has 7 nitrogen and oxygen atoms in total. The average Bonchev–Trinajstić information content (AvgIpc) is 2.87. The highest BCUT2D eigenvalue weighted by Gasteiger charge is 2.37. The third-order valence-corrected chi connectivity index (χ3v) is 6.74. The Kier molecular flexibility index (Phi) is 7.43. The number of nitrogens with zero attached hydrogens (tertiary/aromatic N) is 1. The second-order valence-corrected chi connectivity index (χ2v) is 8.93. The Hall–Kier alpha value is -3.45. The van der Waals surface area contributed by atoms with E-state index in [1.54, 1.807) is 29.7 Å². The molecule has 0 saturated heterocycles. The third-order valence-electron chi connectivity index (χ3n) is 6.74. The molecule has 0 aliphatic heterocycles. The molecular weight excluding hydrogens is 430 g/mol. The van der Waals surface area contributed by atoms with Gasteiger partial charge in [-0.05, 0) is 62.1 Å². The van der Waals surface area contributed by atoms with Crippen LogP contribution in [-0.2, 0) is 11.4 Å². The second kappa shape index (κ2) is 10.7. The lowest BCUT2D eigenvalue weighted by Crippen LogP contribution is -2.52. The number of pyridine rings is 1. The Morgan fingerprint density at radius 1 is 1.12 bits per heavy atom. The van der Waals surface area contributed by atoms with Gasteiger partial charge in [0.2, 0.25) is 5.91 Å². The number of carbonyl (C=O) groups excluding carboxylic acids is 2. The summed E-state index contributed by atoms with van der Waals surface area (Å²) in [5, 5.41) is 13.2. The largest absolute Gasteiger partial charge is 0.489 e. The summed E-state index contributed by atoms with van der Waals surface area (Å²) in [4.78, 5) is 29.7. The van der Waals surface area contributed by atoms with Gasteiger partial charge in [-0.25, -0.2) is 5.48 Å². The summed E-state index contributed by atoms with van der Waals surface area (Å²) in [7, 11) is 0. The van der Waals surface area contributed by atoms with Gasteiger partial charge < -0.3 is 10.1 Å². The molecule has 0 radical (unpaired) electrons. The minimum absolute atomic E-state index is 0.196. The van der Waals surface area contributed by atoms with Crippen molar-refractivity contribution in [1.29, 1.82) is 0 Å². The fourth-order valence-electron chi connectivity index (χ4n) is 4.95. The molecule has 1 heterocycles. The molecule has 1 aromatic heterocycles. The van der Waals surface area contributed by atoms with Crippen LogP contribution in [0.1, 0.15) is 54.2 Å². The zero-order valence-electron chi connectivity index (χ0n) is 19.6. The van der Waals surface area contributed by atoms with E-state index in [0.29, 0.717) is 24.3 Å². The van der Waals surface area contributed by atoms with Crippen molar-refractivity contribution >= 4 is 22.7 Å². The molecule has 1 saturated carbocycles. The van der Waals surface area contributed by atoms with E-state index >= 15 is 0 Å². The van der Waals surface area contributed by atoms with Crippen LogP contribution in [0.5, 0.6) is 5.75 Å². The van der Waals surface area contributed by atoms with Crippen molar-refractivity contribution in [1.82, 2.24) is 15.8 Å². The number of nitrogens with one attached hydrogen (secondary N) is 2. The number of hydrogen-bond donors (Lipinski definition) is 3. The SMILES string of the molecule is CCC1CCCC(C(=O)NO)C1NC(=O)c1ccc(OCc2cc(C)nc3ccccc23)cc1. The summed E-state index contributed by atoms with van der Waals surface area (Å²) in [5.41, 5.74) is 5.19. The first-order valence-electron chi connectivity index (χ1n) is 11.8. The quantitative estimate of drug-likeness (QED) is 0.354. The number of aryl methyl sites for hydroxylation is 1. The first-order chi connectivity index (χ1) is 16.5. The van der Waals surface area contributed by atoms with Gasteiger partial charge in [-0.3, -0.25) is 19.8 Å². The number of benzene rings is 2. The van der Waals surface area contributed by atoms with Crippen LogP contribution in [0.3, 0.4) is 0 Å². The van der Waals surface area contributed by atoms with Crippen LogP contribution in [0, 0.1) is 18.8 Å². The first kappa shape index (κ1) is 23.7. The van der Waals surface area contributed by atoms with E-state index in [0.717, 1.165) is 41.4 Å². The topological polar surface area (TPSA) is 101 Å². The first-order valence-corrected chi connectivity index (χ1v) is 11.8. The Morgan fingerprint density at radius 2 is 1.88 bits per heavy atom. The Labute approximate surface area is 199 Å². The smallest absolute Gasteiger partial charge is 0.251 e. The lowest BCUT2D eigenvalue weighted by molar-refractivity contribution is -0.136. The van der Waals surface area contributed by atoms with Crippen LogP contribution in [0.4, 0.5) is 0 Å². The molecule has 3 atom stereocenters. The van der Waals surface area contributed by atoms with Gasteiger partial charge in [-0.15, -0.1) is 0 Å². The predicted molar refractivity (Wildman–Crippen MR) is 130 cm³/mol. The maximum atomic E-state index is 13.0. The summed E-state index contributed by atoms with van der Waals surface area (Å²) in [6.07, 6.45) is 3.35. The number of para-hydroxylation sites is 1. The van der Waals surface area contributed by atoms with Gasteiger partial charge in [-0.2, -0.15) is 0 Å². The minimum atomic E-state index is -0.439. The molecule has 1 aliphatic rings. The van der Waals surface area contributed by atoms with Crippen LogP contribution in [0.15, 0.2) is 54.6 Å². The Morgan fingerprint density at radius 3 is 2.62 bits per heavy atom. The molecule has 3 aromatic rings. The van der Waals surface area contributed by atoms with Gasteiger partial charge in [0, 0.05) is 28.2 Å². The summed E-state index contributed by atoms with van der Waals surface area (Å²) in [6, 6.07) is 16.7. The van der Waals surface area contributed by atoms with E-state index in [1.165, 1.54) is 0 Å². The van der Waals surface area contributed by atoms with E-state index < -0.39 is 11.8 Å². The zero-order chi connectivity index (χ0) is 24.1. The molecule has 1 fully saturated rings. The number of fused-ring (bicyclic) bond motifs is 1. The third kappa shape index (κ3) is 5.20. The standard InChI is InChI=1S/C27H31N3O4/c1-3-18-7-6-9-23(27(32)30-33)25(18)29-26(31)19-11-13-21(14-12-19)34-16-20-15-17(2)28-24-10-5-4-8-22(20)24/h4-5,8,10-15,18,23,25,33H,3,6-7,9,16H2,1-2H3,(H,29,31)(H,30,32). The van der Waals surface area contributed by atoms with Crippen molar-refractivity contribution in [2.75, 3.05) is 0 Å². The van der Waals surface area contributed by atoms with Crippen molar-refractivity contribution in [3.8, 4) is 5.75 Å². The fraction of sp³-hybridized carbons (Fsp3) is 0.370. The van der Waals surface area contributed by atoms with Gasteiger partial charge in [0.25, 0.3) is 5.91 Å². The highest BCUT2D eigenvalue weighted by molar-refractivity contribution is 5.95. The maximum absolute atomic E-state index is 13.0. The molecule has 3 unspecified atom stereocenters. The summed E-state index contributed by atoms with van der Waals surface area (Å²) >= 11 is 0. The summed E-state index contributed by atoms with van der Waals surface area (Å²) in [5.74, 6) is -0.249. The minimum Gasteiger partial charge on any atom is -0.489 e. The lowest BCUT2D eigenvalue weighted by Gasteiger charge is -2.37. The van der Waals surface area contributed by atoms with Crippen LogP contribution in [-0.4, -0.2) is 28.0 Å². The number of rotatable bonds is 7. The van der Waals surface area contributed by atoms with Gasteiger partial charge in [0.15, 0.2) is 0 Å². The molecule has 34 heavy (non-hydrogen) atoms. The average molecular weight is 462 g/mol. The fourth-order valence-corrected chi connectivity index (χ4v) is 4.95. The molecule has 4 rings (SSSR count). The van der Waals surface area contributed by atoms with E-state index in [1.807, 2.05) is 37.3 Å². The highest BCUT2D eigenvalue weighted by Crippen LogP contribution is 2.32. The zero-order valence-corrected chi connectivity index (χ0v) is 19.6. The number of aromatic nitrogens is 1. The van der Waals surface area contributed by atoms with E-state index in [-0.39, 0.29) is 17.9 Å².